The first-order valence-corrected chi connectivity index (χ1v) is 12.8. The molecule has 0 aliphatic rings. The van der Waals surface area contributed by atoms with Gasteiger partial charge in [0.1, 0.15) is 17.7 Å². The highest BCUT2D eigenvalue weighted by Crippen LogP contribution is 2.31. The molecule has 4 heterocycles. The van der Waals surface area contributed by atoms with E-state index in [4.69, 9.17) is 0 Å². The topological polar surface area (TPSA) is 101 Å². The van der Waals surface area contributed by atoms with Gasteiger partial charge in [0.2, 0.25) is 0 Å². The molecule has 8 nitrogen and oxygen atoms in total. The molecule has 1 amide bonds. The summed E-state index contributed by atoms with van der Waals surface area (Å²) < 4.78 is 2.05. The molecule has 0 radical (unpaired) electrons. The van der Waals surface area contributed by atoms with Gasteiger partial charge in [-0.05, 0) is 48.7 Å². The molecule has 0 unspecified atom stereocenters. The summed E-state index contributed by atoms with van der Waals surface area (Å²) in [5.41, 5.74) is 7.10. The summed E-state index contributed by atoms with van der Waals surface area (Å²) in [5, 5.41) is 12.2. The van der Waals surface area contributed by atoms with Gasteiger partial charge < -0.3 is 14.9 Å². The fourth-order valence-corrected chi connectivity index (χ4v) is 4.66. The zero-order valence-corrected chi connectivity index (χ0v) is 21.7. The average molecular weight is 514 g/mol. The molecule has 0 saturated heterocycles. The summed E-state index contributed by atoms with van der Waals surface area (Å²) in [6.07, 6.45) is 7.19. The zero-order valence-electron chi connectivity index (χ0n) is 21.7. The van der Waals surface area contributed by atoms with Crippen LogP contribution in [0.2, 0.25) is 0 Å². The molecule has 39 heavy (non-hydrogen) atoms. The number of nitrogens with one attached hydrogen (secondary N) is 2. The number of aromatic amines is 1. The van der Waals surface area contributed by atoms with Gasteiger partial charge >= 0.3 is 0 Å². The minimum atomic E-state index is -0.178. The van der Waals surface area contributed by atoms with E-state index in [1.165, 1.54) is 0 Å². The Morgan fingerprint density at radius 3 is 2.49 bits per heavy atom. The van der Waals surface area contributed by atoms with Crippen molar-refractivity contribution >= 4 is 16.9 Å². The Balaban J connectivity index is 1.27. The highest BCUT2D eigenvalue weighted by atomic mass is 16.1. The van der Waals surface area contributed by atoms with Gasteiger partial charge in [0, 0.05) is 53.3 Å². The molecule has 0 atom stereocenters. The molecule has 2 aromatic carbocycles. The van der Waals surface area contributed by atoms with Crippen LogP contribution in [0.15, 0.2) is 97.7 Å². The summed E-state index contributed by atoms with van der Waals surface area (Å²) in [4.78, 5) is 25.0. The molecular weight excluding hydrogens is 486 g/mol. The van der Waals surface area contributed by atoms with Gasteiger partial charge in [0.05, 0.1) is 0 Å². The lowest BCUT2D eigenvalue weighted by Crippen LogP contribution is -2.22. The quantitative estimate of drug-likeness (QED) is 0.270. The SMILES string of the molecule is CC(C)n1cnnc1-c1ccc(-c2cncc(-c3ccnc4[nH]c(C(=O)NCc5ccccc5)cc34)c2)cc1. The molecule has 4 aromatic heterocycles. The summed E-state index contributed by atoms with van der Waals surface area (Å²) >= 11 is 0. The Morgan fingerprint density at radius 1 is 0.923 bits per heavy atom. The smallest absolute Gasteiger partial charge is 0.268 e. The van der Waals surface area contributed by atoms with E-state index in [0.29, 0.717) is 17.9 Å². The maximum atomic E-state index is 12.9. The third-order valence-electron chi connectivity index (χ3n) is 6.73. The molecule has 192 valence electrons. The van der Waals surface area contributed by atoms with Crippen LogP contribution in [-0.2, 0) is 6.54 Å². The number of benzene rings is 2. The van der Waals surface area contributed by atoms with Crippen molar-refractivity contribution in [1.82, 2.24) is 35.0 Å². The molecule has 6 rings (SSSR count). The van der Waals surface area contributed by atoms with Gasteiger partial charge in [-0.3, -0.25) is 9.78 Å². The van der Waals surface area contributed by atoms with Crippen molar-refractivity contribution in [2.45, 2.75) is 26.4 Å². The number of hydrogen-bond acceptors (Lipinski definition) is 5. The summed E-state index contributed by atoms with van der Waals surface area (Å²) in [6.45, 7) is 4.67. The lowest BCUT2D eigenvalue weighted by molar-refractivity contribution is 0.0946. The van der Waals surface area contributed by atoms with Crippen LogP contribution in [0.4, 0.5) is 0 Å². The number of rotatable bonds is 7. The van der Waals surface area contributed by atoms with Crippen molar-refractivity contribution in [3.63, 3.8) is 0 Å². The number of pyridine rings is 2. The summed E-state index contributed by atoms with van der Waals surface area (Å²) in [5.74, 6) is 0.668. The highest BCUT2D eigenvalue weighted by molar-refractivity contribution is 6.01. The monoisotopic (exact) mass is 513 g/mol. The predicted molar refractivity (Wildman–Crippen MR) is 152 cm³/mol. The zero-order chi connectivity index (χ0) is 26.8. The van der Waals surface area contributed by atoms with Crippen molar-refractivity contribution in [2.24, 2.45) is 0 Å². The molecule has 0 aliphatic heterocycles. The minimum absolute atomic E-state index is 0.178. The first kappa shape index (κ1) is 24.2. The van der Waals surface area contributed by atoms with E-state index in [9.17, 15) is 4.79 Å². The maximum absolute atomic E-state index is 12.9. The molecule has 0 fully saturated rings. The first-order valence-electron chi connectivity index (χ1n) is 12.8. The van der Waals surface area contributed by atoms with Crippen LogP contribution in [-0.4, -0.2) is 35.6 Å². The van der Waals surface area contributed by atoms with Crippen LogP contribution in [0.3, 0.4) is 0 Å². The van der Waals surface area contributed by atoms with Gasteiger partial charge in [0.15, 0.2) is 5.82 Å². The number of aromatic nitrogens is 6. The second-order valence-electron chi connectivity index (χ2n) is 9.67. The normalized spacial score (nSPS) is 11.3. The molecule has 0 bridgehead atoms. The van der Waals surface area contributed by atoms with E-state index in [1.54, 1.807) is 12.5 Å². The van der Waals surface area contributed by atoms with Gasteiger partial charge in [-0.25, -0.2) is 4.98 Å². The molecule has 0 aliphatic carbocycles. The molecule has 0 spiro atoms. The lowest BCUT2D eigenvalue weighted by atomic mass is 10.00. The van der Waals surface area contributed by atoms with Crippen molar-refractivity contribution in [1.29, 1.82) is 0 Å². The summed E-state index contributed by atoms with van der Waals surface area (Å²) in [6, 6.07) is 24.3. The minimum Gasteiger partial charge on any atom is -0.347 e. The lowest BCUT2D eigenvalue weighted by Gasteiger charge is -2.11. The molecule has 8 heteroatoms. The van der Waals surface area contributed by atoms with Gasteiger partial charge in [0.25, 0.3) is 5.91 Å². The third-order valence-corrected chi connectivity index (χ3v) is 6.73. The number of carbonyl (C=O) groups excluding carboxylic acids is 1. The Bertz CT molecular complexity index is 1750. The number of hydrogen-bond donors (Lipinski definition) is 2. The van der Waals surface area contributed by atoms with Crippen LogP contribution >= 0.6 is 0 Å². The van der Waals surface area contributed by atoms with Crippen LogP contribution in [0.5, 0.6) is 0 Å². The van der Waals surface area contributed by atoms with Crippen molar-refractivity contribution < 1.29 is 4.79 Å². The predicted octanol–water partition coefficient (Wildman–Crippen LogP) is 6.06. The number of nitrogens with zero attached hydrogens (tertiary/aromatic N) is 5. The summed E-state index contributed by atoms with van der Waals surface area (Å²) in [7, 11) is 0. The van der Waals surface area contributed by atoms with Crippen LogP contribution in [0.1, 0.15) is 35.9 Å². The number of fused-ring (bicyclic) bond motifs is 1. The van der Waals surface area contributed by atoms with E-state index in [0.717, 1.165) is 44.6 Å². The Hall–Kier alpha value is -5.11. The fraction of sp³-hybridized carbons (Fsp3) is 0.129. The van der Waals surface area contributed by atoms with E-state index >= 15 is 0 Å². The van der Waals surface area contributed by atoms with E-state index in [1.807, 2.05) is 54.9 Å². The van der Waals surface area contributed by atoms with Crippen molar-refractivity contribution in [3.05, 3.63) is 109 Å². The largest absolute Gasteiger partial charge is 0.347 e. The Kier molecular flexibility index (Phi) is 6.42. The standard InChI is InChI=1S/C31H27N7O/c1-20(2)38-19-35-37-30(38)23-10-8-22(9-11-23)24-14-25(18-32-17-24)26-12-13-33-29-27(26)15-28(36-29)31(39)34-16-21-6-4-3-5-7-21/h3-15,17-20H,16H2,1-2H3,(H,33,36)(H,34,39). The maximum Gasteiger partial charge on any atom is 0.268 e. The molecule has 6 aromatic rings. The first-order chi connectivity index (χ1) is 19.1. The molecular formula is C31H27N7O. The number of H-pyrrole nitrogens is 1. The second-order valence-corrected chi connectivity index (χ2v) is 9.67. The average Bonchev–Trinajstić information content (AvgIpc) is 3.65. The third kappa shape index (κ3) is 4.92. The van der Waals surface area contributed by atoms with Crippen LogP contribution in [0, 0.1) is 0 Å². The van der Waals surface area contributed by atoms with E-state index in [2.05, 4.69) is 79.2 Å². The number of amides is 1. The Labute approximate surface area is 225 Å². The highest BCUT2D eigenvalue weighted by Gasteiger charge is 2.15. The second kappa shape index (κ2) is 10.3. The van der Waals surface area contributed by atoms with E-state index in [-0.39, 0.29) is 11.9 Å². The van der Waals surface area contributed by atoms with Gasteiger partial charge in [-0.2, -0.15) is 0 Å². The number of carbonyl (C=O) groups is 1. The Morgan fingerprint density at radius 2 is 1.69 bits per heavy atom. The van der Waals surface area contributed by atoms with Gasteiger partial charge in [-0.1, -0.05) is 54.6 Å². The fourth-order valence-electron chi connectivity index (χ4n) is 4.66. The van der Waals surface area contributed by atoms with Crippen molar-refractivity contribution in [3.8, 4) is 33.6 Å². The molecule has 2 N–H and O–H groups in total. The van der Waals surface area contributed by atoms with Crippen LogP contribution < -0.4 is 5.32 Å². The molecule has 0 saturated carbocycles. The van der Waals surface area contributed by atoms with E-state index < -0.39 is 0 Å². The van der Waals surface area contributed by atoms with Gasteiger partial charge in [-0.15, -0.1) is 10.2 Å². The van der Waals surface area contributed by atoms with Crippen molar-refractivity contribution in [2.75, 3.05) is 0 Å². The van der Waals surface area contributed by atoms with Crippen LogP contribution in [0.25, 0.3) is 44.7 Å².